The Morgan fingerprint density at radius 2 is 1.50 bits per heavy atom. The van der Waals surface area contributed by atoms with Gasteiger partial charge in [0.2, 0.25) is 11.8 Å². The summed E-state index contributed by atoms with van der Waals surface area (Å²) in [5, 5.41) is 0.455. The molecule has 6 nitrogen and oxygen atoms in total. The van der Waals surface area contributed by atoms with Gasteiger partial charge in [-0.25, -0.2) is 0 Å². The molecule has 7 heteroatoms. The van der Waals surface area contributed by atoms with Crippen LogP contribution in [-0.2, 0) is 9.59 Å². The van der Waals surface area contributed by atoms with Gasteiger partial charge in [-0.3, -0.25) is 14.4 Å². The molecule has 0 unspecified atom stereocenters. The number of benzene rings is 1. The summed E-state index contributed by atoms with van der Waals surface area (Å²) >= 11 is 6.15. The number of piperazine rings is 1. The molecule has 2 atom stereocenters. The van der Waals surface area contributed by atoms with Crippen molar-refractivity contribution in [1.29, 1.82) is 0 Å². The van der Waals surface area contributed by atoms with Crippen molar-refractivity contribution in [2.24, 2.45) is 5.92 Å². The molecule has 3 rings (SSSR count). The molecule has 0 radical (unpaired) electrons. The highest BCUT2D eigenvalue weighted by Gasteiger charge is 2.38. The minimum Gasteiger partial charge on any atom is -0.339 e. The van der Waals surface area contributed by atoms with E-state index in [4.69, 9.17) is 11.6 Å². The molecule has 1 aromatic carbocycles. The Balaban J connectivity index is 1.59. The molecule has 3 amide bonds. The molecule has 2 fully saturated rings. The van der Waals surface area contributed by atoms with Gasteiger partial charge in [-0.05, 0) is 38.8 Å². The summed E-state index contributed by atoms with van der Waals surface area (Å²) < 4.78 is 0. The molecule has 0 saturated carbocycles. The van der Waals surface area contributed by atoms with E-state index in [1.807, 2.05) is 23.6 Å². The van der Waals surface area contributed by atoms with E-state index >= 15 is 0 Å². The summed E-state index contributed by atoms with van der Waals surface area (Å²) in [6, 6.07) is 7.06. The van der Waals surface area contributed by atoms with Crippen molar-refractivity contribution >= 4 is 29.3 Å². The first kappa shape index (κ1) is 20.6. The number of likely N-dealkylation sites (tertiary alicyclic amines) is 1. The maximum absolute atomic E-state index is 13.1. The Kier molecular flexibility index (Phi) is 6.28. The molecule has 2 saturated heterocycles. The maximum atomic E-state index is 13.1. The summed E-state index contributed by atoms with van der Waals surface area (Å²) in [6.45, 7) is 7.84. The number of carbonyl (C=O) groups is 3. The number of carbonyl (C=O) groups excluding carboxylic acids is 3. The zero-order chi connectivity index (χ0) is 20.4. The predicted octanol–water partition coefficient (Wildman–Crippen LogP) is 2.66. The second-order valence-electron chi connectivity index (χ2n) is 7.77. The van der Waals surface area contributed by atoms with Crippen LogP contribution >= 0.6 is 11.6 Å². The Morgan fingerprint density at radius 3 is 2.11 bits per heavy atom. The molecule has 0 bridgehead atoms. The topological polar surface area (TPSA) is 60.9 Å². The number of nitrogens with zero attached hydrogens (tertiary/aromatic N) is 3. The molecular formula is C21H28ClN3O3. The zero-order valence-electron chi connectivity index (χ0n) is 16.7. The van der Waals surface area contributed by atoms with Gasteiger partial charge >= 0.3 is 0 Å². The average molecular weight is 406 g/mol. The van der Waals surface area contributed by atoms with Crippen molar-refractivity contribution in [2.75, 3.05) is 26.2 Å². The second kappa shape index (κ2) is 8.52. The lowest BCUT2D eigenvalue weighted by molar-refractivity contribution is -0.148. The van der Waals surface area contributed by atoms with Gasteiger partial charge in [0.1, 0.15) is 0 Å². The molecule has 1 aromatic rings. The number of halogens is 1. The van der Waals surface area contributed by atoms with E-state index in [1.54, 1.807) is 36.1 Å². The lowest BCUT2D eigenvalue weighted by atomic mass is 9.92. The maximum Gasteiger partial charge on any atom is 0.255 e. The third kappa shape index (κ3) is 4.02. The smallest absolute Gasteiger partial charge is 0.255 e. The van der Waals surface area contributed by atoms with Crippen LogP contribution in [0.4, 0.5) is 0 Å². The SMILES string of the molecule is CC(=O)N1CCN(C(=O)C2CCN(C(=O)c3ccccc3Cl)CC2)[C@H](C)[C@H]1C. The first-order valence-electron chi connectivity index (χ1n) is 9.92. The van der Waals surface area contributed by atoms with Gasteiger partial charge in [0.25, 0.3) is 5.91 Å². The molecule has 2 heterocycles. The predicted molar refractivity (Wildman–Crippen MR) is 108 cm³/mol. The van der Waals surface area contributed by atoms with E-state index in [1.165, 1.54) is 0 Å². The van der Waals surface area contributed by atoms with Gasteiger partial charge in [-0.2, -0.15) is 0 Å². The molecular weight excluding hydrogens is 378 g/mol. The van der Waals surface area contributed by atoms with Crippen molar-refractivity contribution in [3.05, 3.63) is 34.9 Å². The molecule has 2 aliphatic heterocycles. The van der Waals surface area contributed by atoms with E-state index < -0.39 is 0 Å². The van der Waals surface area contributed by atoms with Gasteiger partial charge in [0.05, 0.1) is 10.6 Å². The van der Waals surface area contributed by atoms with E-state index in [2.05, 4.69) is 0 Å². The summed E-state index contributed by atoms with van der Waals surface area (Å²) in [4.78, 5) is 43.1. The van der Waals surface area contributed by atoms with Gasteiger partial charge < -0.3 is 14.7 Å². The lowest BCUT2D eigenvalue weighted by Crippen LogP contribution is -2.61. The van der Waals surface area contributed by atoms with Crippen LogP contribution in [0.25, 0.3) is 0 Å². The van der Waals surface area contributed by atoms with Crippen molar-refractivity contribution in [3.63, 3.8) is 0 Å². The van der Waals surface area contributed by atoms with Crippen molar-refractivity contribution in [2.45, 2.75) is 45.7 Å². The first-order chi connectivity index (χ1) is 13.3. The van der Waals surface area contributed by atoms with Gasteiger partial charge in [-0.1, -0.05) is 23.7 Å². The number of hydrogen-bond acceptors (Lipinski definition) is 3. The third-order valence-corrected chi connectivity index (χ3v) is 6.52. The highest BCUT2D eigenvalue weighted by molar-refractivity contribution is 6.33. The van der Waals surface area contributed by atoms with Crippen LogP contribution in [0.3, 0.4) is 0 Å². The molecule has 0 spiro atoms. The molecule has 2 aliphatic rings. The fraction of sp³-hybridized carbons (Fsp3) is 0.571. The van der Waals surface area contributed by atoms with Gasteiger partial charge in [0, 0.05) is 51.1 Å². The number of amides is 3. The van der Waals surface area contributed by atoms with Crippen LogP contribution in [-0.4, -0.2) is 70.7 Å². The fourth-order valence-corrected chi connectivity index (χ4v) is 4.48. The fourth-order valence-electron chi connectivity index (χ4n) is 4.27. The van der Waals surface area contributed by atoms with E-state index in [0.29, 0.717) is 49.6 Å². The summed E-state index contributed by atoms with van der Waals surface area (Å²) in [6.07, 6.45) is 1.31. The second-order valence-corrected chi connectivity index (χ2v) is 8.18. The molecule has 28 heavy (non-hydrogen) atoms. The minimum absolute atomic E-state index is 0.00654. The molecule has 152 valence electrons. The highest BCUT2D eigenvalue weighted by atomic mass is 35.5. The number of hydrogen-bond donors (Lipinski definition) is 0. The Morgan fingerprint density at radius 1 is 0.929 bits per heavy atom. The zero-order valence-corrected chi connectivity index (χ0v) is 17.5. The lowest BCUT2D eigenvalue weighted by Gasteiger charge is -2.46. The summed E-state index contributed by atoms with van der Waals surface area (Å²) in [5.74, 6) is 0.0487. The molecule has 0 aliphatic carbocycles. The minimum atomic E-state index is -0.0754. The van der Waals surface area contributed by atoms with Gasteiger partial charge in [0.15, 0.2) is 0 Å². The van der Waals surface area contributed by atoms with Crippen molar-refractivity contribution in [3.8, 4) is 0 Å². The first-order valence-corrected chi connectivity index (χ1v) is 10.3. The van der Waals surface area contributed by atoms with Crippen LogP contribution in [0.5, 0.6) is 0 Å². The van der Waals surface area contributed by atoms with Crippen molar-refractivity contribution in [1.82, 2.24) is 14.7 Å². The number of piperidine rings is 1. The molecule has 0 N–H and O–H groups in total. The third-order valence-electron chi connectivity index (χ3n) is 6.19. The quantitative estimate of drug-likeness (QED) is 0.760. The van der Waals surface area contributed by atoms with Crippen LogP contribution in [0.1, 0.15) is 44.0 Å². The average Bonchev–Trinajstić information content (AvgIpc) is 2.69. The van der Waals surface area contributed by atoms with Crippen LogP contribution in [0.2, 0.25) is 5.02 Å². The van der Waals surface area contributed by atoms with Crippen molar-refractivity contribution < 1.29 is 14.4 Å². The Hall–Kier alpha value is -2.08. The Bertz CT molecular complexity index is 761. The largest absolute Gasteiger partial charge is 0.339 e. The standard InChI is InChI=1S/C21H28ClN3O3/c1-14-15(2)25(13-12-24(14)16(3)26)20(27)17-8-10-23(11-9-17)21(28)18-6-4-5-7-19(18)22/h4-7,14-15,17H,8-13H2,1-3H3/t14-,15-/m1/s1. The number of rotatable bonds is 2. The Labute approximate surface area is 171 Å². The van der Waals surface area contributed by atoms with Crippen LogP contribution < -0.4 is 0 Å². The highest BCUT2D eigenvalue weighted by Crippen LogP contribution is 2.26. The molecule has 0 aromatic heterocycles. The van der Waals surface area contributed by atoms with Gasteiger partial charge in [-0.15, -0.1) is 0 Å². The summed E-state index contributed by atoms with van der Waals surface area (Å²) in [7, 11) is 0. The van der Waals surface area contributed by atoms with Crippen LogP contribution in [0.15, 0.2) is 24.3 Å². The van der Waals surface area contributed by atoms with E-state index in [0.717, 1.165) is 0 Å². The van der Waals surface area contributed by atoms with E-state index in [-0.39, 0.29) is 35.7 Å². The van der Waals surface area contributed by atoms with Crippen LogP contribution in [0, 0.1) is 5.92 Å². The summed E-state index contributed by atoms with van der Waals surface area (Å²) in [5.41, 5.74) is 0.511. The van der Waals surface area contributed by atoms with E-state index in [9.17, 15) is 14.4 Å². The monoisotopic (exact) mass is 405 g/mol. The normalized spacial score (nSPS) is 23.6.